The van der Waals surface area contributed by atoms with Crippen molar-refractivity contribution >= 4 is 16.9 Å². The number of aliphatic hydroxyl groups is 1. The Morgan fingerprint density at radius 3 is 2.71 bits per heavy atom. The molecule has 1 saturated heterocycles. The van der Waals surface area contributed by atoms with Crippen molar-refractivity contribution in [3.63, 3.8) is 0 Å². The molecule has 5 nitrogen and oxygen atoms in total. The number of nitrogens with zero attached hydrogens (tertiary/aromatic N) is 3. The van der Waals surface area contributed by atoms with Gasteiger partial charge in [-0.25, -0.2) is 9.97 Å². The number of H-pyrrole nitrogens is 1. The molecular weight excluding hydrogens is 264 g/mol. The summed E-state index contributed by atoms with van der Waals surface area (Å²) in [6.07, 6.45) is 1.89. The van der Waals surface area contributed by atoms with Crippen LogP contribution in [-0.4, -0.2) is 39.8 Å². The summed E-state index contributed by atoms with van der Waals surface area (Å²) >= 11 is 0. The van der Waals surface area contributed by atoms with Crippen molar-refractivity contribution in [3.05, 3.63) is 42.6 Å². The summed E-state index contributed by atoms with van der Waals surface area (Å²) in [5.74, 6) is 2.03. The van der Waals surface area contributed by atoms with Gasteiger partial charge in [-0.3, -0.25) is 0 Å². The highest BCUT2D eigenvalue weighted by Gasteiger charge is 2.29. The van der Waals surface area contributed by atoms with E-state index in [0.717, 1.165) is 41.3 Å². The maximum absolute atomic E-state index is 9.19. The first-order chi connectivity index (χ1) is 10.3. The van der Waals surface area contributed by atoms with Gasteiger partial charge in [0, 0.05) is 37.4 Å². The van der Waals surface area contributed by atoms with Gasteiger partial charge in [-0.15, -0.1) is 0 Å². The Hall–Kier alpha value is -2.40. The third kappa shape index (κ3) is 2.06. The second-order valence-electron chi connectivity index (χ2n) is 5.43. The summed E-state index contributed by atoms with van der Waals surface area (Å²) in [4.78, 5) is 14.7. The second kappa shape index (κ2) is 4.86. The number of rotatable bonds is 3. The van der Waals surface area contributed by atoms with Crippen molar-refractivity contribution in [2.75, 3.05) is 24.6 Å². The van der Waals surface area contributed by atoms with Gasteiger partial charge in [0.15, 0.2) is 5.82 Å². The van der Waals surface area contributed by atoms with Crippen molar-refractivity contribution < 1.29 is 5.11 Å². The van der Waals surface area contributed by atoms with E-state index < -0.39 is 0 Å². The number of nitrogens with one attached hydrogen (secondary N) is 1. The minimum Gasteiger partial charge on any atom is -0.396 e. The number of benzene rings is 1. The van der Waals surface area contributed by atoms with Crippen LogP contribution in [-0.2, 0) is 0 Å². The van der Waals surface area contributed by atoms with Gasteiger partial charge in [-0.1, -0.05) is 30.3 Å². The molecule has 2 aromatic heterocycles. The van der Waals surface area contributed by atoms with Gasteiger partial charge in [-0.05, 0) is 6.07 Å². The topological polar surface area (TPSA) is 65.0 Å². The van der Waals surface area contributed by atoms with E-state index in [9.17, 15) is 5.11 Å². The normalized spacial score (nSPS) is 15.4. The van der Waals surface area contributed by atoms with Crippen LogP contribution in [0.25, 0.3) is 22.4 Å². The summed E-state index contributed by atoms with van der Waals surface area (Å²) < 4.78 is 0. The maximum Gasteiger partial charge on any atom is 0.163 e. The standard InChI is InChI=1S/C16H16N4O/c21-10-11-8-20(9-11)16-13-6-7-17-15(13)18-14(19-16)12-4-2-1-3-5-12/h1-7,11,21H,8-10H2,(H,17,18,19). The van der Waals surface area contributed by atoms with E-state index in [-0.39, 0.29) is 6.61 Å². The Bertz CT molecular complexity index is 762. The molecule has 0 saturated carbocycles. The van der Waals surface area contributed by atoms with Crippen LogP contribution in [0.3, 0.4) is 0 Å². The first-order valence-corrected chi connectivity index (χ1v) is 7.11. The number of aromatic nitrogens is 3. The molecule has 1 fully saturated rings. The van der Waals surface area contributed by atoms with Crippen molar-refractivity contribution in [1.29, 1.82) is 0 Å². The molecule has 2 N–H and O–H groups in total. The SMILES string of the molecule is OCC1CN(c2nc(-c3ccccc3)nc3[nH]ccc23)C1. The third-order valence-corrected chi connectivity index (χ3v) is 3.94. The van der Waals surface area contributed by atoms with Gasteiger partial charge in [0.2, 0.25) is 0 Å². The summed E-state index contributed by atoms with van der Waals surface area (Å²) in [5.41, 5.74) is 1.86. The lowest BCUT2D eigenvalue weighted by molar-refractivity contribution is 0.200. The molecule has 0 spiro atoms. The minimum atomic E-state index is 0.239. The fourth-order valence-electron chi connectivity index (χ4n) is 2.74. The van der Waals surface area contributed by atoms with Crippen LogP contribution >= 0.6 is 0 Å². The first-order valence-electron chi connectivity index (χ1n) is 7.11. The van der Waals surface area contributed by atoms with Gasteiger partial charge in [0.1, 0.15) is 11.5 Å². The molecule has 3 heterocycles. The molecule has 0 atom stereocenters. The fourth-order valence-corrected chi connectivity index (χ4v) is 2.74. The molecular formula is C16H16N4O. The lowest BCUT2D eigenvalue weighted by Crippen LogP contribution is -2.48. The highest BCUT2D eigenvalue weighted by Crippen LogP contribution is 2.31. The van der Waals surface area contributed by atoms with Gasteiger partial charge in [0.25, 0.3) is 0 Å². The van der Waals surface area contributed by atoms with E-state index >= 15 is 0 Å². The third-order valence-electron chi connectivity index (χ3n) is 3.94. The predicted molar refractivity (Wildman–Crippen MR) is 82.1 cm³/mol. The number of anilines is 1. The summed E-state index contributed by atoms with van der Waals surface area (Å²) in [6, 6.07) is 12.0. The van der Waals surface area contributed by atoms with E-state index in [1.54, 1.807) is 0 Å². The van der Waals surface area contributed by atoms with Gasteiger partial charge >= 0.3 is 0 Å². The Morgan fingerprint density at radius 2 is 1.95 bits per heavy atom. The molecule has 5 heteroatoms. The summed E-state index contributed by atoms with van der Waals surface area (Å²) in [7, 11) is 0. The van der Waals surface area contributed by atoms with Crippen LogP contribution in [0.15, 0.2) is 42.6 Å². The van der Waals surface area contributed by atoms with Gasteiger partial charge in [0.05, 0.1) is 5.39 Å². The molecule has 0 radical (unpaired) electrons. The Kier molecular flexibility index (Phi) is 2.86. The molecule has 106 valence electrons. The lowest BCUT2D eigenvalue weighted by atomic mass is 10.0. The number of aromatic amines is 1. The quantitative estimate of drug-likeness (QED) is 0.770. The van der Waals surface area contributed by atoms with Crippen LogP contribution in [0.2, 0.25) is 0 Å². The van der Waals surface area contributed by atoms with Crippen LogP contribution in [0.5, 0.6) is 0 Å². The molecule has 4 rings (SSSR count). The zero-order valence-corrected chi connectivity index (χ0v) is 11.5. The molecule has 1 aliphatic rings. The van der Waals surface area contributed by atoms with E-state index in [1.165, 1.54) is 0 Å². The maximum atomic E-state index is 9.19. The number of aliphatic hydroxyl groups excluding tert-OH is 1. The minimum absolute atomic E-state index is 0.239. The Morgan fingerprint density at radius 1 is 1.14 bits per heavy atom. The number of hydrogen-bond donors (Lipinski definition) is 2. The number of hydrogen-bond acceptors (Lipinski definition) is 4. The highest BCUT2D eigenvalue weighted by molar-refractivity contribution is 5.89. The van der Waals surface area contributed by atoms with Crippen LogP contribution in [0.1, 0.15) is 0 Å². The largest absolute Gasteiger partial charge is 0.396 e. The van der Waals surface area contributed by atoms with E-state index in [2.05, 4.69) is 14.9 Å². The van der Waals surface area contributed by atoms with Gasteiger partial charge < -0.3 is 15.0 Å². The van der Waals surface area contributed by atoms with Crippen LogP contribution in [0.4, 0.5) is 5.82 Å². The van der Waals surface area contributed by atoms with E-state index in [0.29, 0.717) is 5.92 Å². The van der Waals surface area contributed by atoms with Crippen molar-refractivity contribution in [3.8, 4) is 11.4 Å². The van der Waals surface area contributed by atoms with E-state index in [1.807, 2.05) is 42.6 Å². The Balaban J connectivity index is 1.80. The fraction of sp³-hybridized carbons (Fsp3) is 0.250. The average Bonchev–Trinajstić information content (AvgIpc) is 2.95. The smallest absolute Gasteiger partial charge is 0.163 e. The molecule has 21 heavy (non-hydrogen) atoms. The first kappa shape index (κ1) is 12.3. The second-order valence-corrected chi connectivity index (χ2v) is 5.43. The average molecular weight is 280 g/mol. The predicted octanol–water partition coefficient (Wildman–Crippen LogP) is 2.05. The molecule has 0 aliphatic carbocycles. The van der Waals surface area contributed by atoms with Crippen LogP contribution in [0, 0.1) is 5.92 Å². The monoisotopic (exact) mass is 280 g/mol. The van der Waals surface area contributed by atoms with Gasteiger partial charge in [-0.2, -0.15) is 0 Å². The number of fused-ring (bicyclic) bond motifs is 1. The van der Waals surface area contributed by atoms with Crippen LogP contribution < -0.4 is 4.90 Å². The zero-order valence-electron chi connectivity index (χ0n) is 11.5. The zero-order chi connectivity index (χ0) is 14.2. The molecule has 0 bridgehead atoms. The molecule has 0 amide bonds. The highest BCUT2D eigenvalue weighted by atomic mass is 16.3. The summed E-state index contributed by atoms with van der Waals surface area (Å²) in [6.45, 7) is 1.94. The lowest BCUT2D eigenvalue weighted by Gasteiger charge is -2.39. The molecule has 1 aliphatic heterocycles. The summed E-state index contributed by atoms with van der Waals surface area (Å²) in [5, 5.41) is 10.2. The molecule has 0 unspecified atom stereocenters. The van der Waals surface area contributed by atoms with Crippen molar-refractivity contribution in [2.24, 2.45) is 5.92 Å². The van der Waals surface area contributed by atoms with E-state index in [4.69, 9.17) is 4.98 Å². The molecule has 3 aromatic rings. The van der Waals surface area contributed by atoms with Crippen molar-refractivity contribution in [2.45, 2.75) is 0 Å². The Labute approximate surface area is 122 Å². The molecule has 1 aromatic carbocycles. The van der Waals surface area contributed by atoms with Crippen molar-refractivity contribution in [1.82, 2.24) is 15.0 Å².